The Labute approximate surface area is 374 Å². The highest BCUT2D eigenvalue weighted by Gasteiger charge is 2.19. The van der Waals surface area contributed by atoms with Gasteiger partial charge in [0.05, 0.1) is 19.6 Å². The van der Waals surface area contributed by atoms with E-state index in [-0.39, 0.29) is 79.2 Å². The first-order valence-corrected chi connectivity index (χ1v) is 19.8. The van der Waals surface area contributed by atoms with Crippen LogP contribution in [0.15, 0.2) is 134 Å². The van der Waals surface area contributed by atoms with Crippen LogP contribution in [0.5, 0.6) is 23.0 Å². The molecule has 0 radical (unpaired) electrons. The fourth-order valence-electron chi connectivity index (χ4n) is 5.42. The summed E-state index contributed by atoms with van der Waals surface area (Å²) in [6, 6.07) is 26.6. The van der Waals surface area contributed by atoms with Gasteiger partial charge in [0.25, 0.3) is 6.47 Å². The number of carbonyl (C=O) groups excluding carboxylic acids is 7. The predicted octanol–water partition coefficient (Wildman–Crippen LogP) is 6.85. The van der Waals surface area contributed by atoms with Crippen molar-refractivity contribution in [1.82, 2.24) is 16.0 Å². The van der Waals surface area contributed by atoms with E-state index in [1.165, 1.54) is 20.8 Å². The number of rotatable bonds is 21. The topological polar surface area (TPSA) is 220 Å². The fraction of sp³-hybridized carbons (Fsp3) is 0.188. The molecule has 0 spiro atoms. The molecule has 0 aliphatic carbocycles. The van der Waals surface area contributed by atoms with Crippen LogP contribution >= 0.6 is 0 Å². The monoisotopic (exact) mass is 889 g/mol. The molecule has 0 saturated heterocycles. The van der Waals surface area contributed by atoms with Gasteiger partial charge in [0.15, 0.2) is 0 Å². The van der Waals surface area contributed by atoms with Crippen molar-refractivity contribution >= 4 is 53.8 Å². The van der Waals surface area contributed by atoms with Gasteiger partial charge in [0.1, 0.15) is 42.8 Å². The third-order valence-corrected chi connectivity index (χ3v) is 8.50. The lowest BCUT2D eigenvalue weighted by Gasteiger charge is -2.19. The van der Waals surface area contributed by atoms with Crippen LogP contribution in [0, 0.1) is 0 Å². The van der Waals surface area contributed by atoms with Crippen LogP contribution in [-0.2, 0) is 33.4 Å². The Morgan fingerprint density at radius 1 is 0.431 bits per heavy atom. The summed E-state index contributed by atoms with van der Waals surface area (Å²) in [5, 5.41) is 7.54. The minimum absolute atomic E-state index is 0.00106. The molecule has 0 aliphatic rings. The third-order valence-electron chi connectivity index (χ3n) is 8.50. The van der Waals surface area contributed by atoms with Crippen LogP contribution < -0.4 is 34.9 Å². The van der Waals surface area contributed by atoms with Crippen LogP contribution in [0.1, 0.15) is 43.0 Å². The Morgan fingerprint density at radius 3 is 0.908 bits per heavy atom. The molecule has 4 rings (SSSR count). The maximum Gasteiger partial charge on any atom is 0.412 e. The highest BCUT2D eigenvalue weighted by molar-refractivity contribution is 6.05. The van der Waals surface area contributed by atoms with Gasteiger partial charge in [-0.3, -0.25) is 4.79 Å². The number of hydrogen-bond donors (Lipinski definition) is 3. The molecule has 3 amide bonds. The zero-order valence-electron chi connectivity index (χ0n) is 35.9. The van der Waals surface area contributed by atoms with Crippen molar-refractivity contribution in [2.24, 2.45) is 0 Å². The van der Waals surface area contributed by atoms with Crippen LogP contribution in [0.25, 0.3) is 11.1 Å². The van der Waals surface area contributed by atoms with Gasteiger partial charge in [-0.05, 0) is 103 Å². The first kappa shape index (κ1) is 49.2. The Morgan fingerprint density at radius 2 is 0.677 bits per heavy atom. The van der Waals surface area contributed by atoms with E-state index in [0.717, 1.165) is 0 Å². The molecule has 0 bridgehead atoms. The number of amides is 3. The molecular formula is C48H47N3O14. The average Bonchev–Trinajstić information content (AvgIpc) is 3.28. The fourth-order valence-corrected chi connectivity index (χ4v) is 5.42. The molecule has 0 unspecified atom stereocenters. The average molecular weight is 890 g/mol. The van der Waals surface area contributed by atoms with E-state index in [1.54, 1.807) is 97.1 Å². The van der Waals surface area contributed by atoms with Gasteiger partial charge in [0, 0.05) is 16.7 Å². The van der Waals surface area contributed by atoms with Crippen molar-refractivity contribution in [2.45, 2.75) is 20.8 Å². The second kappa shape index (κ2) is 24.8. The predicted molar refractivity (Wildman–Crippen MR) is 237 cm³/mol. The maximum atomic E-state index is 12.6. The standard InChI is InChI=1S/C48H47N3O14/c1-30(2)43(53)59-26-23-49-46(56)63-38-17-9-34(10-18-38)41(33-7-15-37(16-8-33)62-29-52)42(35-11-19-39(20-12-35)64-47(57)50-24-27-60-44(54)31(3)4)36-13-21-40(22-14-36)65-48(58)51-25-28-61-45(55)32(5)6/h7-22,29H,1,3,5,23-28H2,2,4,6H3,(H,49,56)(H,50,57)(H,51,58). The maximum absolute atomic E-state index is 12.6. The van der Waals surface area contributed by atoms with E-state index in [1.807, 2.05) is 0 Å². The lowest BCUT2D eigenvalue weighted by Crippen LogP contribution is -2.30. The van der Waals surface area contributed by atoms with Gasteiger partial charge in [-0.25, -0.2) is 28.8 Å². The zero-order valence-corrected chi connectivity index (χ0v) is 35.9. The molecule has 0 heterocycles. The van der Waals surface area contributed by atoms with E-state index >= 15 is 0 Å². The first-order chi connectivity index (χ1) is 31.1. The smallest absolute Gasteiger partial charge is 0.412 e. The zero-order chi connectivity index (χ0) is 47.3. The number of esters is 3. The van der Waals surface area contributed by atoms with Crippen LogP contribution in [0.2, 0.25) is 0 Å². The molecule has 0 aromatic heterocycles. The second-order valence-electron chi connectivity index (χ2n) is 13.8. The van der Waals surface area contributed by atoms with E-state index in [9.17, 15) is 33.6 Å². The highest BCUT2D eigenvalue weighted by atomic mass is 16.6. The highest BCUT2D eigenvalue weighted by Crippen LogP contribution is 2.39. The molecule has 4 aromatic rings. The summed E-state index contributed by atoms with van der Waals surface area (Å²) in [6.45, 7) is 15.1. The third kappa shape index (κ3) is 16.1. The molecule has 338 valence electrons. The summed E-state index contributed by atoms with van der Waals surface area (Å²) < 4.78 is 36.4. The van der Waals surface area contributed by atoms with Crippen molar-refractivity contribution in [3.63, 3.8) is 0 Å². The van der Waals surface area contributed by atoms with Crippen LogP contribution in [0.3, 0.4) is 0 Å². The van der Waals surface area contributed by atoms with Crippen LogP contribution in [0.4, 0.5) is 14.4 Å². The molecule has 0 saturated carbocycles. The molecule has 0 aliphatic heterocycles. The largest absolute Gasteiger partial charge is 0.460 e. The summed E-state index contributed by atoms with van der Waals surface area (Å²) in [4.78, 5) is 83.8. The Bertz CT molecular complexity index is 2330. The number of benzene rings is 4. The minimum Gasteiger partial charge on any atom is -0.460 e. The van der Waals surface area contributed by atoms with E-state index in [4.69, 9.17) is 33.2 Å². The van der Waals surface area contributed by atoms with E-state index < -0.39 is 36.2 Å². The Kier molecular flexibility index (Phi) is 18.8. The summed E-state index contributed by atoms with van der Waals surface area (Å²) >= 11 is 0. The molecule has 0 atom stereocenters. The first-order valence-electron chi connectivity index (χ1n) is 19.8. The SMILES string of the molecule is C=C(C)C(=O)OCCNC(=O)Oc1ccc(C(=C(c2ccc(OC(=O)NCCOC(=O)C(=C)C)cc2)c2ccc(OC(=O)NCCOC(=O)C(=C)C)cc2)c2ccc(OC=O)cc2)cc1. The number of nitrogens with one attached hydrogen (secondary N) is 3. The van der Waals surface area contributed by atoms with Gasteiger partial charge in [-0.1, -0.05) is 68.3 Å². The summed E-state index contributed by atoms with van der Waals surface area (Å²) in [7, 11) is 0. The molecule has 0 fully saturated rings. The van der Waals surface area contributed by atoms with Crippen molar-refractivity contribution in [3.8, 4) is 23.0 Å². The summed E-state index contributed by atoms with van der Waals surface area (Å²) in [6.07, 6.45) is -2.35. The minimum atomic E-state index is -0.784. The second-order valence-corrected chi connectivity index (χ2v) is 13.8. The van der Waals surface area contributed by atoms with Crippen molar-refractivity contribution in [2.75, 3.05) is 39.5 Å². The number of ether oxygens (including phenoxy) is 7. The summed E-state index contributed by atoms with van der Waals surface area (Å²) in [5.74, 6) is -0.884. The normalized spacial score (nSPS) is 10.1. The molecule has 3 N–H and O–H groups in total. The van der Waals surface area contributed by atoms with E-state index in [0.29, 0.717) is 39.9 Å². The summed E-state index contributed by atoms with van der Waals surface area (Å²) in [5.41, 5.74) is 4.52. The molecule has 4 aromatic carbocycles. The number of hydrogen-bond acceptors (Lipinski definition) is 14. The van der Waals surface area contributed by atoms with Gasteiger partial charge in [0.2, 0.25) is 0 Å². The molecule has 17 heteroatoms. The van der Waals surface area contributed by atoms with Gasteiger partial charge >= 0.3 is 36.2 Å². The molecule has 17 nitrogen and oxygen atoms in total. The Hall–Kier alpha value is -8.47. The van der Waals surface area contributed by atoms with Crippen molar-refractivity contribution in [3.05, 3.63) is 156 Å². The van der Waals surface area contributed by atoms with Gasteiger partial charge in [-0.2, -0.15) is 0 Å². The molecule has 65 heavy (non-hydrogen) atoms. The van der Waals surface area contributed by atoms with Crippen molar-refractivity contribution in [1.29, 1.82) is 0 Å². The van der Waals surface area contributed by atoms with E-state index in [2.05, 4.69) is 35.7 Å². The quantitative estimate of drug-likeness (QED) is 0.0195. The lowest BCUT2D eigenvalue weighted by atomic mass is 9.85. The number of carbonyl (C=O) groups is 7. The van der Waals surface area contributed by atoms with Crippen LogP contribution in [-0.4, -0.2) is 82.1 Å². The van der Waals surface area contributed by atoms with Gasteiger partial charge < -0.3 is 49.1 Å². The molecular weight excluding hydrogens is 843 g/mol. The van der Waals surface area contributed by atoms with Crippen molar-refractivity contribution < 1.29 is 66.7 Å². The Balaban J connectivity index is 1.69. The lowest BCUT2D eigenvalue weighted by molar-refractivity contribution is -0.139. The van der Waals surface area contributed by atoms with Gasteiger partial charge in [-0.15, -0.1) is 0 Å².